The van der Waals surface area contributed by atoms with Crippen molar-refractivity contribution in [3.63, 3.8) is 0 Å². The normalized spacial score (nSPS) is 9.75. The monoisotopic (exact) mass is 223 g/mol. The van der Waals surface area contributed by atoms with Gasteiger partial charge in [-0.3, -0.25) is 4.79 Å². The first-order valence-corrected chi connectivity index (χ1v) is 6.51. The van der Waals surface area contributed by atoms with Crippen molar-refractivity contribution >= 4 is 5.91 Å². The van der Waals surface area contributed by atoms with E-state index in [0.717, 1.165) is 6.42 Å². The lowest BCUT2D eigenvalue weighted by molar-refractivity contribution is -0.121. The summed E-state index contributed by atoms with van der Waals surface area (Å²) in [6.45, 7) is 2.84. The molecule has 0 fully saturated rings. The van der Waals surface area contributed by atoms with Gasteiger partial charge in [0.15, 0.2) is 0 Å². The average Bonchev–Trinajstić information content (AvgIpc) is 2.28. The van der Waals surface area contributed by atoms with Gasteiger partial charge >= 0.3 is 0 Å². The molecule has 1 amide bonds. The molecule has 0 aromatic carbocycles. The van der Waals surface area contributed by atoms with Gasteiger partial charge in [-0.05, 0) is 6.42 Å². The molecule has 0 spiro atoms. The third kappa shape index (κ3) is 11.1. The van der Waals surface area contributed by atoms with Crippen LogP contribution in [0, 0.1) is 12.3 Å². The minimum absolute atomic E-state index is 0.142. The topological polar surface area (TPSA) is 29.1 Å². The number of rotatable bonds is 10. The highest BCUT2D eigenvalue weighted by Crippen LogP contribution is 2.08. The number of nitrogens with one attached hydrogen (secondary N) is 1. The zero-order valence-corrected chi connectivity index (χ0v) is 10.6. The molecule has 0 saturated carbocycles. The van der Waals surface area contributed by atoms with E-state index in [1.165, 1.54) is 38.5 Å². The molecule has 0 atom stereocenters. The van der Waals surface area contributed by atoms with E-state index in [0.29, 0.717) is 19.4 Å². The summed E-state index contributed by atoms with van der Waals surface area (Å²) in [5.74, 6) is 2.65. The minimum atomic E-state index is 0.142. The second-order valence-corrected chi connectivity index (χ2v) is 4.18. The van der Waals surface area contributed by atoms with Crippen molar-refractivity contribution in [2.75, 3.05) is 6.54 Å². The standard InChI is InChI=1S/C14H25NO/c1-3-5-7-8-9-10-11-12-14(16)15-13-6-4-2/h2H,3,5-13H2,1H3,(H,15,16). The highest BCUT2D eigenvalue weighted by molar-refractivity contribution is 5.75. The van der Waals surface area contributed by atoms with Crippen molar-refractivity contribution in [1.29, 1.82) is 0 Å². The molecule has 0 aliphatic carbocycles. The number of amides is 1. The van der Waals surface area contributed by atoms with E-state index in [-0.39, 0.29) is 5.91 Å². The Morgan fingerprint density at radius 1 is 1.12 bits per heavy atom. The Morgan fingerprint density at radius 3 is 2.38 bits per heavy atom. The number of carbonyl (C=O) groups excluding carboxylic acids is 1. The Bertz CT molecular complexity index is 205. The second-order valence-electron chi connectivity index (χ2n) is 4.18. The summed E-state index contributed by atoms with van der Waals surface area (Å²) >= 11 is 0. The van der Waals surface area contributed by atoms with Crippen molar-refractivity contribution < 1.29 is 4.79 Å². The number of hydrogen-bond donors (Lipinski definition) is 1. The van der Waals surface area contributed by atoms with Crippen LogP contribution < -0.4 is 5.32 Å². The van der Waals surface area contributed by atoms with Crippen molar-refractivity contribution in [3.05, 3.63) is 0 Å². The molecule has 16 heavy (non-hydrogen) atoms. The largest absolute Gasteiger partial charge is 0.355 e. The predicted octanol–water partition coefficient (Wildman–Crippen LogP) is 3.27. The van der Waals surface area contributed by atoms with Gasteiger partial charge in [0.1, 0.15) is 0 Å². The average molecular weight is 223 g/mol. The third-order valence-corrected chi connectivity index (χ3v) is 2.60. The van der Waals surface area contributed by atoms with E-state index in [4.69, 9.17) is 6.42 Å². The first-order chi connectivity index (χ1) is 7.81. The Balaban J connectivity index is 3.12. The van der Waals surface area contributed by atoms with Crippen LogP contribution in [0.25, 0.3) is 0 Å². The Hall–Kier alpha value is -0.970. The molecule has 0 rings (SSSR count). The maximum absolute atomic E-state index is 11.3. The highest BCUT2D eigenvalue weighted by Gasteiger charge is 1.99. The Labute approximate surface area is 100 Å². The SMILES string of the molecule is C#CCCNC(=O)CCCCCCCCC. The summed E-state index contributed by atoms with van der Waals surface area (Å²) in [7, 11) is 0. The van der Waals surface area contributed by atoms with Gasteiger partial charge in [0.25, 0.3) is 0 Å². The molecule has 0 aromatic rings. The summed E-state index contributed by atoms with van der Waals surface area (Å²) in [5, 5.41) is 2.81. The fourth-order valence-corrected chi connectivity index (χ4v) is 1.61. The summed E-state index contributed by atoms with van der Waals surface area (Å²) in [4.78, 5) is 11.3. The third-order valence-electron chi connectivity index (χ3n) is 2.60. The minimum Gasteiger partial charge on any atom is -0.355 e. The molecule has 2 heteroatoms. The summed E-state index contributed by atoms with van der Waals surface area (Å²) in [6.07, 6.45) is 15.1. The van der Waals surface area contributed by atoms with Crippen LogP contribution >= 0.6 is 0 Å². The lowest BCUT2D eigenvalue weighted by Gasteiger charge is -2.03. The summed E-state index contributed by atoms with van der Waals surface area (Å²) in [6, 6.07) is 0. The molecular formula is C14H25NO. The van der Waals surface area contributed by atoms with Crippen LogP contribution in [0.15, 0.2) is 0 Å². The van der Waals surface area contributed by atoms with Crippen molar-refractivity contribution in [2.24, 2.45) is 0 Å². The summed E-state index contributed by atoms with van der Waals surface area (Å²) in [5.41, 5.74) is 0. The van der Waals surface area contributed by atoms with Crippen LogP contribution in [0.5, 0.6) is 0 Å². The van der Waals surface area contributed by atoms with Gasteiger partial charge in [-0.15, -0.1) is 12.3 Å². The molecule has 0 radical (unpaired) electrons. The van der Waals surface area contributed by atoms with Gasteiger partial charge in [0.2, 0.25) is 5.91 Å². The van der Waals surface area contributed by atoms with Crippen molar-refractivity contribution in [2.45, 2.75) is 64.7 Å². The molecular weight excluding hydrogens is 198 g/mol. The molecule has 0 bridgehead atoms. The molecule has 0 unspecified atom stereocenters. The van der Waals surface area contributed by atoms with Crippen molar-refractivity contribution in [3.8, 4) is 12.3 Å². The van der Waals surface area contributed by atoms with Crippen molar-refractivity contribution in [1.82, 2.24) is 5.32 Å². The number of hydrogen-bond acceptors (Lipinski definition) is 1. The zero-order valence-electron chi connectivity index (χ0n) is 10.6. The lowest BCUT2D eigenvalue weighted by atomic mass is 10.1. The van der Waals surface area contributed by atoms with E-state index in [1.54, 1.807) is 0 Å². The molecule has 0 aromatic heterocycles. The lowest BCUT2D eigenvalue weighted by Crippen LogP contribution is -2.23. The number of unbranched alkanes of at least 4 members (excludes halogenated alkanes) is 6. The van der Waals surface area contributed by atoms with E-state index in [1.807, 2.05) is 0 Å². The smallest absolute Gasteiger partial charge is 0.220 e. The van der Waals surface area contributed by atoms with Crippen LogP contribution in [-0.4, -0.2) is 12.5 Å². The first kappa shape index (κ1) is 15.0. The zero-order chi connectivity index (χ0) is 12.1. The molecule has 0 heterocycles. The maximum atomic E-state index is 11.3. The molecule has 0 aliphatic rings. The van der Waals surface area contributed by atoms with Gasteiger partial charge in [0.05, 0.1) is 0 Å². The van der Waals surface area contributed by atoms with E-state index in [9.17, 15) is 4.79 Å². The molecule has 0 saturated heterocycles. The quantitative estimate of drug-likeness (QED) is 0.447. The molecule has 0 aliphatic heterocycles. The highest BCUT2D eigenvalue weighted by atomic mass is 16.1. The van der Waals surface area contributed by atoms with Crippen LogP contribution in [-0.2, 0) is 4.79 Å². The summed E-state index contributed by atoms with van der Waals surface area (Å²) < 4.78 is 0. The van der Waals surface area contributed by atoms with Gasteiger partial charge in [-0.1, -0.05) is 45.4 Å². The van der Waals surface area contributed by atoms with Gasteiger partial charge in [-0.25, -0.2) is 0 Å². The molecule has 1 N–H and O–H groups in total. The molecule has 92 valence electrons. The maximum Gasteiger partial charge on any atom is 0.220 e. The number of terminal acetylenes is 1. The van der Waals surface area contributed by atoms with Crippen LogP contribution in [0.3, 0.4) is 0 Å². The number of carbonyl (C=O) groups is 1. The van der Waals surface area contributed by atoms with E-state index >= 15 is 0 Å². The van der Waals surface area contributed by atoms with Crippen LogP contribution in [0.2, 0.25) is 0 Å². The van der Waals surface area contributed by atoms with Gasteiger partial charge in [0, 0.05) is 19.4 Å². The Morgan fingerprint density at radius 2 is 1.75 bits per heavy atom. The van der Waals surface area contributed by atoms with Crippen LogP contribution in [0.1, 0.15) is 64.7 Å². The van der Waals surface area contributed by atoms with Gasteiger partial charge < -0.3 is 5.32 Å². The van der Waals surface area contributed by atoms with E-state index in [2.05, 4.69) is 18.2 Å². The molecule has 2 nitrogen and oxygen atoms in total. The predicted molar refractivity (Wildman–Crippen MR) is 69.1 cm³/mol. The fourth-order valence-electron chi connectivity index (χ4n) is 1.61. The van der Waals surface area contributed by atoms with E-state index < -0.39 is 0 Å². The second kappa shape index (κ2) is 12.1. The first-order valence-electron chi connectivity index (χ1n) is 6.51. The fraction of sp³-hybridized carbons (Fsp3) is 0.786. The van der Waals surface area contributed by atoms with Gasteiger partial charge in [-0.2, -0.15) is 0 Å². The Kier molecular flexibility index (Phi) is 11.4. The van der Waals surface area contributed by atoms with Crippen LogP contribution in [0.4, 0.5) is 0 Å².